The minimum Gasteiger partial charge on any atom is -0.382 e. The van der Waals surface area contributed by atoms with Crippen molar-refractivity contribution in [3.8, 4) is 12.0 Å². The average molecular weight is 414 g/mol. The monoisotopic (exact) mass is 414 g/mol. The van der Waals surface area contributed by atoms with Gasteiger partial charge in [0.2, 0.25) is 0 Å². The Labute approximate surface area is 178 Å². The fourth-order valence-corrected chi connectivity index (χ4v) is 3.59. The number of nitrogens with two attached hydrogens (primary N) is 2. The molecule has 1 aliphatic rings. The van der Waals surface area contributed by atoms with Crippen molar-refractivity contribution in [3.05, 3.63) is 88.8 Å². The van der Waals surface area contributed by atoms with E-state index in [1.54, 1.807) is 25.3 Å². The molecule has 8 heteroatoms. The molecule has 1 unspecified atom stereocenters. The number of carbonyl (C=O) groups excluding carboxylic acids is 1. The van der Waals surface area contributed by atoms with E-state index in [9.17, 15) is 9.18 Å². The van der Waals surface area contributed by atoms with Crippen LogP contribution in [0.15, 0.2) is 59.9 Å². The third kappa shape index (κ3) is 3.94. The Morgan fingerprint density at radius 2 is 2.06 bits per heavy atom. The molecule has 1 atom stereocenters. The van der Waals surface area contributed by atoms with Crippen molar-refractivity contribution in [1.82, 2.24) is 9.97 Å². The van der Waals surface area contributed by atoms with Gasteiger partial charge in [0.1, 0.15) is 23.0 Å². The number of anilines is 1. The fraction of sp³-hybridized carbons (Fsp3) is 0.130. The van der Waals surface area contributed by atoms with E-state index >= 15 is 0 Å². The molecule has 3 heterocycles. The molecule has 7 nitrogen and oxygen atoms in total. The lowest BCUT2D eigenvalue weighted by molar-refractivity contribution is 0.102. The second-order valence-corrected chi connectivity index (χ2v) is 7.31. The van der Waals surface area contributed by atoms with Crippen LogP contribution in [0.25, 0.3) is 0 Å². The van der Waals surface area contributed by atoms with Crippen molar-refractivity contribution in [2.45, 2.75) is 18.9 Å². The first kappa shape index (κ1) is 20.0. The van der Waals surface area contributed by atoms with Gasteiger partial charge in [-0.15, -0.1) is 0 Å². The van der Waals surface area contributed by atoms with Gasteiger partial charge in [-0.25, -0.2) is 9.37 Å². The number of aliphatic imine (C=N–C) groups is 1. The third-order valence-corrected chi connectivity index (χ3v) is 5.05. The molecule has 154 valence electrons. The highest BCUT2D eigenvalue weighted by molar-refractivity contribution is 6.03. The predicted molar refractivity (Wildman–Crippen MR) is 116 cm³/mol. The summed E-state index contributed by atoms with van der Waals surface area (Å²) in [4.78, 5) is 25.4. The van der Waals surface area contributed by atoms with Gasteiger partial charge in [0, 0.05) is 41.7 Å². The normalized spacial score (nSPS) is 17.0. The van der Waals surface area contributed by atoms with Crippen LogP contribution in [0.2, 0.25) is 0 Å². The lowest BCUT2D eigenvalue weighted by atomic mass is 9.83. The Kier molecular flexibility index (Phi) is 5.09. The highest BCUT2D eigenvalue weighted by atomic mass is 19.1. The molecule has 1 aliphatic heterocycles. The number of nitrogens with one attached hydrogen (secondary N) is 1. The number of benzene rings is 1. The van der Waals surface area contributed by atoms with Gasteiger partial charge in [0.15, 0.2) is 0 Å². The number of hydrogen-bond acceptors (Lipinski definition) is 6. The molecule has 4 rings (SSSR count). The topological polar surface area (TPSA) is 119 Å². The van der Waals surface area contributed by atoms with E-state index in [0.717, 1.165) is 5.56 Å². The SMILES string of the molecule is CC1(c2cc(NC(=O)c3ccc(C#CN)cn3)ccc2F)Cc2cccnc2C(N)=N1. The fourth-order valence-electron chi connectivity index (χ4n) is 3.59. The Bertz CT molecular complexity index is 1260. The molecular formula is C23H19FN6O. The van der Waals surface area contributed by atoms with Crippen molar-refractivity contribution >= 4 is 17.4 Å². The minimum atomic E-state index is -0.939. The molecule has 2 aromatic heterocycles. The smallest absolute Gasteiger partial charge is 0.274 e. The van der Waals surface area contributed by atoms with Crippen LogP contribution in [0.3, 0.4) is 0 Å². The first-order chi connectivity index (χ1) is 14.9. The summed E-state index contributed by atoms with van der Waals surface area (Å²) in [6.07, 6.45) is 3.52. The number of fused-ring (bicyclic) bond motifs is 1. The van der Waals surface area contributed by atoms with Crippen molar-refractivity contribution in [3.63, 3.8) is 0 Å². The first-order valence-electron chi connectivity index (χ1n) is 9.48. The summed E-state index contributed by atoms with van der Waals surface area (Å²) in [5, 5.41) is 2.74. The summed E-state index contributed by atoms with van der Waals surface area (Å²) in [7, 11) is 0. The molecule has 1 aromatic carbocycles. The number of carbonyl (C=O) groups is 1. The Balaban J connectivity index is 1.62. The van der Waals surface area contributed by atoms with E-state index in [0.29, 0.717) is 28.9 Å². The number of amides is 1. The highest BCUT2D eigenvalue weighted by Crippen LogP contribution is 2.36. The molecule has 0 spiro atoms. The quantitative estimate of drug-likeness (QED) is 0.449. The molecule has 0 radical (unpaired) electrons. The average Bonchev–Trinajstić information content (AvgIpc) is 2.75. The van der Waals surface area contributed by atoms with E-state index < -0.39 is 17.3 Å². The summed E-state index contributed by atoms with van der Waals surface area (Å²) < 4.78 is 14.8. The highest BCUT2D eigenvalue weighted by Gasteiger charge is 2.35. The summed E-state index contributed by atoms with van der Waals surface area (Å²) in [5.74, 6) is 2.03. The van der Waals surface area contributed by atoms with Crippen LogP contribution < -0.4 is 16.8 Å². The van der Waals surface area contributed by atoms with Gasteiger partial charge in [-0.2, -0.15) is 0 Å². The zero-order valence-electron chi connectivity index (χ0n) is 16.7. The van der Waals surface area contributed by atoms with Crippen LogP contribution in [-0.2, 0) is 12.0 Å². The lowest BCUT2D eigenvalue weighted by Crippen LogP contribution is -2.34. The summed E-state index contributed by atoms with van der Waals surface area (Å²) in [5.41, 5.74) is 13.4. The number of aromatic nitrogens is 2. The lowest BCUT2D eigenvalue weighted by Gasteiger charge is -2.31. The van der Waals surface area contributed by atoms with Crippen LogP contribution in [0.5, 0.6) is 0 Å². The second-order valence-electron chi connectivity index (χ2n) is 7.31. The van der Waals surface area contributed by atoms with Crippen LogP contribution in [0.4, 0.5) is 10.1 Å². The maximum Gasteiger partial charge on any atom is 0.274 e. The summed E-state index contributed by atoms with van der Waals surface area (Å²) in [6.45, 7) is 1.80. The molecule has 0 saturated heterocycles. The van der Waals surface area contributed by atoms with E-state index in [2.05, 4.69) is 32.2 Å². The number of pyridine rings is 2. The van der Waals surface area contributed by atoms with Crippen molar-refractivity contribution < 1.29 is 9.18 Å². The summed E-state index contributed by atoms with van der Waals surface area (Å²) >= 11 is 0. The number of rotatable bonds is 3. The number of amidine groups is 1. The van der Waals surface area contributed by atoms with Crippen molar-refractivity contribution in [1.29, 1.82) is 0 Å². The van der Waals surface area contributed by atoms with E-state index in [-0.39, 0.29) is 11.5 Å². The van der Waals surface area contributed by atoms with Crippen molar-refractivity contribution in [2.75, 3.05) is 5.32 Å². The Morgan fingerprint density at radius 1 is 1.23 bits per heavy atom. The third-order valence-electron chi connectivity index (χ3n) is 5.05. The second kappa shape index (κ2) is 7.88. The predicted octanol–water partition coefficient (Wildman–Crippen LogP) is 2.31. The molecule has 5 N–H and O–H groups in total. The molecule has 0 saturated carbocycles. The van der Waals surface area contributed by atoms with E-state index in [1.807, 2.05) is 12.1 Å². The standard InChI is InChI=1S/C23H19FN6O/c1-23(12-15-3-2-10-27-20(15)21(26)30-23)17-11-16(5-6-18(17)24)29-22(31)19-7-4-14(8-9-25)13-28-19/h2-7,10-11,13H,12,25H2,1H3,(H2,26,30)(H,29,31). The molecule has 31 heavy (non-hydrogen) atoms. The van der Waals surface area contributed by atoms with E-state index in [4.69, 9.17) is 11.5 Å². The van der Waals surface area contributed by atoms with Gasteiger partial charge in [0.05, 0.1) is 5.54 Å². The van der Waals surface area contributed by atoms with Gasteiger partial charge in [-0.05, 0) is 54.8 Å². The Morgan fingerprint density at radius 3 is 2.81 bits per heavy atom. The zero-order valence-corrected chi connectivity index (χ0v) is 16.7. The molecule has 3 aromatic rings. The molecule has 1 amide bonds. The van der Waals surface area contributed by atoms with Gasteiger partial charge in [-0.1, -0.05) is 6.07 Å². The minimum absolute atomic E-state index is 0.194. The molecule has 0 fully saturated rings. The maximum absolute atomic E-state index is 14.8. The Hall–Kier alpha value is -4.25. The number of hydrogen-bond donors (Lipinski definition) is 3. The number of halogens is 1. The molecular weight excluding hydrogens is 395 g/mol. The van der Waals surface area contributed by atoms with Crippen molar-refractivity contribution in [2.24, 2.45) is 16.5 Å². The molecule has 0 aliphatic carbocycles. The first-order valence-corrected chi connectivity index (χ1v) is 9.48. The number of nitrogens with zero attached hydrogens (tertiary/aromatic N) is 3. The van der Waals surface area contributed by atoms with Crippen LogP contribution in [-0.4, -0.2) is 21.7 Å². The van der Waals surface area contributed by atoms with Crippen LogP contribution >= 0.6 is 0 Å². The van der Waals surface area contributed by atoms with Gasteiger partial charge >= 0.3 is 0 Å². The zero-order chi connectivity index (χ0) is 22.0. The van der Waals surface area contributed by atoms with Gasteiger partial charge in [-0.3, -0.25) is 14.8 Å². The molecule has 0 bridgehead atoms. The van der Waals surface area contributed by atoms with Gasteiger partial charge in [0.25, 0.3) is 5.91 Å². The summed E-state index contributed by atoms with van der Waals surface area (Å²) in [6, 6.07) is 13.5. The van der Waals surface area contributed by atoms with Crippen LogP contribution in [0.1, 0.15) is 39.8 Å². The van der Waals surface area contributed by atoms with E-state index in [1.165, 1.54) is 24.4 Å². The van der Waals surface area contributed by atoms with Crippen LogP contribution in [0, 0.1) is 17.8 Å². The van der Waals surface area contributed by atoms with Gasteiger partial charge < -0.3 is 16.8 Å². The largest absolute Gasteiger partial charge is 0.382 e. The maximum atomic E-state index is 14.8.